The molecule has 0 heterocycles. The third kappa shape index (κ3) is 4.44. The third-order valence-electron chi connectivity index (χ3n) is 3.39. The lowest BCUT2D eigenvalue weighted by molar-refractivity contribution is -0.385. The van der Waals surface area contributed by atoms with Crippen LogP contribution in [0.1, 0.15) is 22.3 Å². The number of carboxylic acids is 1. The largest absolute Gasteiger partial charge is 0.508 e. The second-order valence-electron chi connectivity index (χ2n) is 5.16. The van der Waals surface area contributed by atoms with Crippen LogP contribution in [0.2, 0.25) is 0 Å². The van der Waals surface area contributed by atoms with Crippen molar-refractivity contribution in [2.24, 2.45) is 0 Å². The van der Waals surface area contributed by atoms with E-state index in [4.69, 9.17) is 5.11 Å². The van der Waals surface area contributed by atoms with Crippen molar-refractivity contribution in [3.63, 3.8) is 0 Å². The molecule has 2 aromatic carbocycles. The summed E-state index contributed by atoms with van der Waals surface area (Å²) >= 11 is 0. The number of carbonyl (C=O) groups excluding carboxylic acids is 1. The molecule has 4 N–H and O–H groups in total. The van der Waals surface area contributed by atoms with Gasteiger partial charge in [0, 0.05) is 29.8 Å². The number of aromatic hydroxyl groups is 2. The van der Waals surface area contributed by atoms with Gasteiger partial charge >= 0.3 is 11.7 Å². The molecule has 2 rings (SSSR count). The third-order valence-corrected chi connectivity index (χ3v) is 3.39. The van der Waals surface area contributed by atoms with E-state index < -0.39 is 28.2 Å². The predicted octanol–water partition coefficient (Wildman–Crippen LogP) is 2.28. The summed E-state index contributed by atoms with van der Waals surface area (Å²) in [6, 6.07) is 7.53. The highest BCUT2D eigenvalue weighted by atomic mass is 16.6. The average molecular weight is 346 g/mol. The van der Waals surface area contributed by atoms with Gasteiger partial charge in [-0.15, -0.1) is 0 Å². The highest BCUT2D eigenvalue weighted by Gasteiger charge is 2.18. The van der Waals surface area contributed by atoms with Gasteiger partial charge in [0.1, 0.15) is 5.75 Å². The summed E-state index contributed by atoms with van der Waals surface area (Å²) in [5.41, 5.74) is -0.114. The predicted molar refractivity (Wildman–Crippen MR) is 86.8 cm³/mol. The van der Waals surface area contributed by atoms with Crippen LogP contribution in [0, 0.1) is 10.1 Å². The SMILES string of the molecule is O=C(CCc1cc([N+](=O)[O-])c(O)cc1O)Nc1cccc(C(=O)O)c1. The molecular formula is C16H14N2O7. The van der Waals surface area contributed by atoms with E-state index in [0.29, 0.717) is 5.69 Å². The number of aromatic carboxylic acids is 1. The van der Waals surface area contributed by atoms with Crippen LogP contribution >= 0.6 is 0 Å². The molecule has 0 bridgehead atoms. The van der Waals surface area contributed by atoms with Crippen LogP contribution in [-0.2, 0) is 11.2 Å². The Labute approximate surface area is 141 Å². The molecule has 0 fully saturated rings. The van der Waals surface area contributed by atoms with Crippen LogP contribution in [0.15, 0.2) is 36.4 Å². The molecule has 0 atom stereocenters. The summed E-state index contributed by atoms with van der Waals surface area (Å²) in [4.78, 5) is 32.8. The van der Waals surface area contributed by atoms with Gasteiger partial charge in [-0.2, -0.15) is 0 Å². The lowest BCUT2D eigenvalue weighted by atomic mass is 10.1. The second-order valence-corrected chi connectivity index (χ2v) is 5.16. The van der Waals surface area contributed by atoms with E-state index in [0.717, 1.165) is 12.1 Å². The standard InChI is InChI=1S/C16H14N2O7/c19-13-8-14(20)12(18(24)25)7-9(13)4-5-15(21)17-11-3-1-2-10(6-11)16(22)23/h1-3,6-8,19-20H,4-5H2,(H,17,21)(H,22,23). The minimum atomic E-state index is -1.13. The zero-order chi connectivity index (χ0) is 18.6. The molecule has 130 valence electrons. The van der Waals surface area contributed by atoms with Gasteiger partial charge in [0.05, 0.1) is 10.5 Å². The number of carboxylic acid groups (broad SMARTS) is 1. The van der Waals surface area contributed by atoms with Crippen LogP contribution in [0.25, 0.3) is 0 Å². The van der Waals surface area contributed by atoms with Gasteiger partial charge in [-0.3, -0.25) is 14.9 Å². The highest BCUT2D eigenvalue weighted by Crippen LogP contribution is 2.33. The molecule has 0 spiro atoms. The van der Waals surface area contributed by atoms with Gasteiger partial charge in [-0.05, 0) is 24.6 Å². The van der Waals surface area contributed by atoms with Crippen LogP contribution in [0.5, 0.6) is 11.5 Å². The number of nitrogens with zero attached hydrogens (tertiary/aromatic N) is 1. The quantitative estimate of drug-likeness (QED) is 0.463. The van der Waals surface area contributed by atoms with Crippen LogP contribution < -0.4 is 5.32 Å². The van der Waals surface area contributed by atoms with Crippen LogP contribution in [-0.4, -0.2) is 32.1 Å². The summed E-state index contributed by atoms with van der Waals surface area (Å²) in [7, 11) is 0. The van der Waals surface area contributed by atoms with Gasteiger partial charge in [0.15, 0.2) is 5.75 Å². The molecular weight excluding hydrogens is 332 g/mol. The molecule has 0 saturated heterocycles. The molecule has 0 unspecified atom stereocenters. The van der Waals surface area contributed by atoms with Crippen molar-refractivity contribution in [3.8, 4) is 11.5 Å². The van der Waals surface area contributed by atoms with Crippen molar-refractivity contribution in [3.05, 3.63) is 57.6 Å². The molecule has 0 aliphatic carbocycles. The first kappa shape index (κ1) is 17.7. The van der Waals surface area contributed by atoms with Crippen LogP contribution in [0.3, 0.4) is 0 Å². The van der Waals surface area contributed by atoms with Crippen molar-refractivity contribution in [2.45, 2.75) is 12.8 Å². The monoisotopic (exact) mass is 346 g/mol. The topological polar surface area (TPSA) is 150 Å². The maximum absolute atomic E-state index is 11.9. The Bertz CT molecular complexity index is 848. The number of phenolic OH excluding ortho intramolecular Hbond substituents is 2. The molecule has 0 aliphatic rings. The number of hydrogen-bond donors (Lipinski definition) is 4. The number of carbonyl (C=O) groups is 2. The number of nitro benzene ring substituents is 1. The summed E-state index contributed by atoms with van der Waals surface area (Å²) in [6.07, 6.45) is -0.107. The van der Waals surface area contributed by atoms with E-state index in [-0.39, 0.29) is 29.7 Å². The molecule has 0 aliphatic heterocycles. The Hall–Kier alpha value is -3.62. The molecule has 9 heteroatoms. The number of benzene rings is 2. The summed E-state index contributed by atoms with van der Waals surface area (Å²) in [6.45, 7) is 0. The van der Waals surface area contributed by atoms with E-state index >= 15 is 0 Å². The molecule has 0 saturated carbocycles. The smallest absolute Gasteiger partial charge is 0.335 e. The van der Waals surface area contributed by atoms with E-state index in [1.807, 2.05) is 0 Å². The van der Waals surface area contributed by atoms with Crippen LogP contribution in [0.4, 0.5) is 11.4 Å². The maximum atomic E-state index is 11.9. The first-order chi connectivity index (χ1) is 11.8. The lowest BCUT2D eigenvalue weighted by Crippen LogP contribution is -2.13. The number of hydrogen-bond acceptors (Lipinski definition) is 6. The molecule has 1 amide bonds. The number of nitrogens with one attached hydrogen (secondary N) is 1. The van der Waals surface area contributed by atoms with Crippen molar-refractivity contribution in [1.29, 1.82) is 0 Å². The number of anilines is 1. The van der Waals surface area contributed by atoms with Gasteiger partial charge in [0.2, 0.25) is 5.91 Å². The van der Waals surface area contributed by atoms with E-state index in [2.05, 4.69) is 5.32 Å². The van der Waals surface area contributed by atoms with Crippen molar-refractivity contribution >= 4 is 23.3 Å². The molecule has 9 nitrogen and oxygen atoms in total. The Kier molecular flexibility index (Phi) is 5.18. The molecule has 2 aromatic rings. The summed E-state index contributed by atoms with van der Waals surface area (Å²) in [5, 5.41) is 41.3. The van der Waals surface area contributed by atoms with Gasteiger partial charge in [0.25, 0.3) is 0 Å². The second kappa shape index (κ2) is 7.30. The minimum absolute atomic E-state index is 0.00257. The fourth-order valence-electron chi connectivity index (χ4n) is 2.16. The number of rotatable bonds is 6. The molecule has 25 heavy (non-hydrogen) atoms. The Balaban J connectivity index is 2.05. The Morgan fingerprint density at radius 1 is 1.12 bits per heavy atom. The van der Waals surface area contributed by atoms with Gasteiger partial charge in [-0.25, -0.2) is 4.79 Å². The maximum Gasteiger partial charge on any atom is 0.335 e. The molecule has 0 aromatic heterocycles. The first-order valence-corrected chi connectivity index (χ1v) is 7.10. The van der Waals surface area contributed by atoms with Crippen molar-refractivity contribution in [1.82, 2.24) is 0 Å². The lowest BCUT2D eigenvalue weighted by Gasteiger charge is -2.08. The van der Waals surface area contributed by atoms with Crippen molar-refractivity contribution < 1.29 is 29.8 Å². The number of phenols is 2. The van der Waals surface area contributed by atoms with Gasteiger partial charge < -0.3 is 20.6 Å². The van der Waals surface area contributed by atoms with E-state index in [9.17, 15) is 29.9 Å². The molecule has 0 radical (unpaired) electrons. The zero-order valence-electron chi connectivity index (χ0n) is 12.8. The Morgan fingerprint density at radius 2 is 1.84 bits per heavy atom. The first-order valence-electron chi connectivity index (χ1n) is 7.10. The highest BCUT2D eigenvalue weighted by molar-refractivity contribution is 5.94. The van der Waals surface area contributed by atoms with Gasteiger partial charge in [-0.1, -0.05) is 6.07 Å². The number of amides is 1. The van der Waals surface area contributed by atoms with E-state index in [1.165, 1.54) is 24.3 Å². The number of nitro groups is 1. The fraction of sp³-hybridized carbons (Fsp3) is 0.125. The average Bonchev–Trinajstić information content (AvgIpc) is 2.53. The van der Waals surface area contributed by atoms with Crippen molar-refractivity contribution in [2.75, 3.05) is 5.32 Å². The Morgan fingerprint density at radius 3 is 2.48 bits per heavy atom. The van der Waals surface area contributed by atoms with E-state index in [1.54, 1.807) is 0 Å². The minimum Gasteiger partial charge on any atom is -0.508 e. The fourth-order valence-corrected chi connectivity index (χ4v) is 2.16. The summed E-state index contributed by atoms with van der Waals surface area (Å²) < 4.78 is 0. The summed E-state index contributed by atoms with van der Waals surface area (Å²) in [5.74, 6) is -2.61. The zero-order valence-corrected chi connectivity index (χ0v) is 12.8. The number of aryl methyl sites for hydroxylation is 1. The normalized spacial score (nSPS) is 10.2.